The lowest BCUT2D eigenvalue weighted by atomic mass is 9.84. The topological polar surface area (TPSA) is 20.3 Å². The Kier molecular flexibility index (Phi) is 3.86. The van der Waals surface area contributed by atoms with E-state index >= 15 is 0 Å². The Labute approximate surface area is 110 Å². The fraction of sp³-hybridized carbons (Fsp3) is 0.562. The molecule has 0 aliphatic carbocycles. The fourth-order valence-electron chi connectivity index (χ4n) is 2.79. The number of piperidine rings is 1. The Balaban J connectivity index is 1.99. The number of aryl methyl sites for hydroxylation is 1. The van der Waals surface area contributed by atoms with Crippen LogP contribution in [0.5, 0.6) is 0 Å². The molecule has 1 fully saturated rings. The molecule has 98 valence electrons. The fourth-order valence-corrected chi connectivity index (χ4v) is 2.79. The van der Waals surface area contributed by atoms with Gasteiger partial charge in [-0.25, -0.2) is 0 Å². The monoisotopic (exact) mass is 245 g/mol. The highest BCUT2D eigenvalue weighted by Gasteiger charge is 2.27. The highest BCUT2D eigenvalue weighted by molar-refractivity contribution is 5.97. The van der Waals surface area contributed by atoms with E-state index in [9.17, 15) is 4.79 Å². The van der Waals surface area contributed by atoms with Crippen LogP contribution in [0, 0.1) is 12.3 Å². The van der Waals surface area contributed by atoms with E-state index < -0.39 is 0 Å². The third kappa shape index (κ3) is 3.42. The molecule has 0 atom stereocenters. The van der Waals surface area contributed by atoms with Crippen LogP contribution in [0.25, 0.3) is 0 Å². The molecule has 0 radical (unpaired) electrons. The predicted octanol–water partition coefficient (Wildman–Crippen LogP) is 3.30. The van der Waals surface area contributed by atoms with Gasteiger partial charge < -0.3 is 0 Å². The van der Waals surface area contributed by atoms with Crippen molar-refractivity contribution < 1.29 is 4.79 Å². The molecule has 0 aromatic heterocycles. The largest absolute Gasteiger partial charge is 0.295 e. The number of nitrogens with zero attached hydrogens (tertiary/aromatic N) is 1. The van der Waals surface area contributed by atoms with Crippen LogP contribution in [0.2, 0.25) is 0 Å². The molecule has 2 nitrogen and oxygen atoms in total. The quantitative estimate of drug-likeness (QED) is 0.762. The van der Waals surface area contributed by atoms with E-state index in [1.54, 1.807) is 0 Å². The lowest BCUT2D eigenvalue weighted by Crippen LogP contribution is -2.42. The molecule has 0 bridgehead atoms. The number of Topliss-reactive ketones (excluding diaryl/α,β-unsaturated/α-hetero) is 1. The van der Waals surface area contributed by atoms with Gasteiger partial charge in [0.25, 0.3) is 0 Å². The average molecular weight is 245 g/mol. The van der Waals surface area contributed by atoms with Crippen molar-refractivity contribution in [2.75, 3.05) is 19.6 Å². The lowest BCUT2D eigenvalue weighted by Gasteiger charge is -2.37. The van der Waals surface area contributed by atoms with Gasteiger partial charge in [-0.1, -0.05) is 37.6 Å². The molecule has 0 amide bonds. The SMILES string of the molecule is Cc1cccc(C(=O)CN2CCCC(C)(C)C2)c1. The molecule has 1 aromatic carbocycles. The van der Waals surface area contributed by atoms with Crippen LogP contribution < -0.4 is 0 Å². The first kappa shape index (κ1) is 13.3. The zero-order valence-electron chi connectivity index (χ0n) is 11.7. The van der Waals surface area contributed by atoms with Gasteiger partial charge in [0.2, 0.25) is 0 Å². The summed E-state index contributed by atoms with van der Waals surface area (Å²) in [6.45, 7) is 9.26. The van der Waals surface area contributed by atoms with Crippen LogP contribution in [-0.2, 0) is 0 Å². The van der Waals surface area contributed by atoms with Crippen LogP contribution in [0.4, 0.5) is 0 Å². The van der Waals surface area contributed by atoms with E-state index in [0.717, 1.165) is 24.2 Å². The Morgan fingerprint density at radius 3 is 2.83 bits per heavy atom. The van der Waals surface area contributed by atoms with Crippen LogP contribution >= 0.6 is 0 Å². The Bertz CT molecular complexity index is 436. The number of ketones is 1. The van der Waals surface area contributed by atoms with Crippen molar-refractivity contribution in [2.45, 2.75) is 33.6 Å². The normalized spacial score (nSPS) is 19.7. The van der Waals surface area contributed by atoms with Gasteiger partial charge in [-0.15, -0.1) is 0 Å². The molecule has 0 saturated carbocycles. The minimum Gasteiger partial charge on any atom is -0.295 e. The number of benzene rings is 1. The molecule has 0 spiro atoms. The Hall–Kier alpha value is -1.15. The second-order valence-electron chi connectivity index (χ2n) is 6.27. The lowest BCUT2D eigenvalue weighted by molar-refractivity contribution is 0.0810. The summed E-state index contributed by atoms with van der Waals surface area (Å²) in [5, 5.41) is 0. The third-order valence-electron chi connectivity index (χ3n) is 3.69. The van der Waals surface area contributed by atoms with Gasteiger partial charge in [0.15, 0.2) is 5.78 Å². The van der Waals surface area contributed by atoms with Crippen LogP contribution in [0.1, 0.15) is 42.6 Å². The van der Waals surface area contributed by atoms with E-state index in [1.165, 1.54) is 12.8 Å². The molecule has 2 rings (SSSR count). The molecule has 1 saturated heterocycles. The maximum absolute atomic E-state index is 12.2. The van der Waals surface area contributed by atoms with E-state index in [0.29, 0.717) is 12.0 Å². The number of hydrogen-bond acceptors (Lipinski definition) is 2. The highest BCUT2D eigenvalue weighted by atomic mass is 16.1. The summed E-state index contributed by atoms with van der Waals surface area (Å²) in [6, 6.07) is 7.89. The summed E-state index contributed by atoms with van der Waals surface area (Å²) in [4.78, 5) is 14.5. The third-order valence-corrected chi connectivity index (χ3v) is 3.69. The number of hydrogen-bond donors (Lipinski definition) is 0. The Morgan fingerprint density at radius 1 is 1.39 bits per heavy atom. The van der Waals surface area contributed by atoms with Crippen LogP contribution in [-0.4, -0.2) is 30.3 Å². The second kappa shape index (κ2) is 5.23. The van der Waals surface area contributed by atoms with Gasteiger partial charge in [-0.05, 0) is 37.8 Å². The summed E-state index contributed by atoms with van der Waals surface area (Å²) in [6.07, 6.45) is 2.47. The predicted molar refractivity (Wildman–Crippen MR) is 75.0 cm³/mol. The zero-order valence-corrected chi connectivity index (χ0v) is 11.7. The molecule has 2 heteroatoms. The van der Waals surface area contributed by atoms with Crippen LogP contribution in [0.3, 0.4) is 0 Å². The molecular formula is C16H23NO. The molecule has 1 aliphatic rings. The summed E-state index contributed by atoms with van der Waals surface area (Å²) < 4.78 is 0. The van der Waals surface area contributed by atoms with E-state index in [2.05, 4.69) is 18.7 Å². The number of rotatable bonds is 3. The highest BCUT2D eigenvalue weighted by Crippen LogP contribution is 2.28. The molecule has 18 heavy (non-hydrogen) atoms. The minimum absolute atomic E-state index is 0.247. The van der Waals surface area contributed by atoms with Crippen molar-refractivity contribution in [3.05, 3.63) is 35.4 Å². The zero-order chi connectivity index (χ0) is 13.2. The van der Waals surface area contributed by atoms with Gasteiger partial charge in [0.1, 0.15) is 0 Å². The van der Waals surface area contributed by atoms with Crippen molar-refractivity contribution in [1.29, 1.82) is 0 Å². The van der Waals surface area contributed by atoms with Crippen molar-refractivity contribution in [2.24, 2.45) is 5.41 Å². The Morgan fingerprint density at radius 2 is 2.17 bits per heavy atom. The molecule has 0 N–H and O–H groups in total. The van der Waals surface area contributed by atoms with Crippen molar-refractivity contribution in [1.82, 2.24) is 4.90 Å². The molecule has 1 heterocycles. The summed E-state index contributed by atoms with van der Waals surface area (Å²) in [7, 11) is 0. The summed E-state index contributed by atoms with van der Waals surface area (Å²) in [5.74, 6) is 0.247. The molecule has 0 unspecified atom stereocenters. The molecule has 1 aromatic rings. The van der Waals surface area contributed by atoms with Gasteiger partial charge in [-0.2, -0.15) is 0 Å². The molecule has 1 aliphatic heterocycles. The van der Waals surface area contributed by atoms with Crippen molar-refractivity contribution >= 4 is 5.78 Å². The van der Waals surface area contributed by atoms with Crippen LogP contribution in [0.15, 0.2) is 24.3 Å². The number of carbonyl (C=O) groups excluding carboxylic acids is 1. The first-order valence-electron chi connectivity index (χ1n) is 6.78. The molecular weight excluding hydrogens is 222 g/mol. The average Bonchev–Trinajstić information content (AvgIpc) is 2.27. The standard InChI is InChI=1S/C16H23NO/c1-13-6-4-7-14(10-13)15(18)11-17-9-5-8-16(2,3)12-17/h4,6-7,10H,5,8-9,11-12H2,1-3H3. The first-order chi connectivity index (χ1) is 8.46. The minimum atomic E-state index is 0.247. The van der Waals surface area contributed by atoms with E-state index in [4.69, 9.17) is 0 Å². The van der Waals surface area contributed by atoms with E-state index in [1.807, 2.05) is 31.2 Å². The second-order valence-corrected chi connectivity index (χ2v) is 6.27. The summed E-state index contributed by atoms with van der Waals surface area (Å²) in [5.41, 5.74) is 2.35. The van der Waals surface area contributed by atoms with Gasteiger partial charge >= 0.3 is 0 Å². The summed E-state index contributed by atoms with van der Waals surface area (Å²) >= 11 is 0. The number of carbonyl (C=O) groups is 1. The van der Waals surface area contributed by atoms with Crippen molar-refractivity contribution in [3.63, 3.8) is 0 Å². The van der Waals surface area contributed by atoms with Gasteiger partial charge in [0.05, 0.1) is 6.54 Å². The maximum atomic E-state index is 12.2. The van der Waals surface area contributed by atoms with Gasteiger partial charge in [-0.3, -0.25) is 9.69 Å². The first-order valence-corrected chi connectivity index (χ1v) is 6.78. The maximum Gasteiger partial charge on any atom is 0.176 e. The van der Waals surface area contributed by atoms with Gasteiger partial charge in [0, 0.05) is 12.1 Å². The number of likely N-dealkylation sites (tertiary alicyclic amines) is 1. The van der Waals surface area contributed by atoms with Crippen molar-refractivity contribution in [3.8, 4) is 0 Å². The smallest absolute Gasteiger partial charge is 0.176 e. The van der Waals surface area contributed by atoms with E-state index in [-0.39, 0.29) is 5.78 Å².